The van der Waals surface area contributed by atoms with E-state index in [1.807, 2.05) is 25.6 Å². The lowest BCUT2D eigenvalue weighted by Gasteiger charge is -1.97. The molecule has 0 aliphatic carbocycles. The van der Waals surface area contributed by atoms with E-state index in [4.69, 9.17) is 0 Å². The molecule has 2 rings (SSSR count). The highest BCUT2D eigenvalue weighted by atomic mass is 32.1. The van der Waals surface area contributed by atoms with Gasteiger partial charge in [0.25, 0.3) is 0 Å². The first-order valence-electron chi connectivity index (χ1n) is 5.44. The van der Waals surface area contributed by atoms with Gasteiger partial charge in [-0.05, 0) is 13.0 Å². The van der Waals surface area contributed by atoms with Gasteiger partial charge in [0.05, 0.1) is 6.20 Å². The number of aromatic nitrogens is 3. The molecular weight excluding hydrogens is 220 g/mol. The molecule has 0 atom stereocenters. The summed E-state index contributed by atoms with van der Waals surface area (Å²) in [7, 11) is 1.92. The molecule has 2 aromatic heterocycles. The van der Waals surface area contributed by atoms with Crippen LogP contribution in [0.25, 0.3) is 10.6 Å². The van der Waals surface area contributed by atoms with Crippen molar-refractivity contribution in [2.45, 2.75) is 19.9 Å². The van der Waals surface area contributed by atoms with Crippen LogP contribution in [0, 0.1) is 0 Å². The zero-order valence-corrected chi connectivity index (χ0v) is 10.4. The maximum Gasteiger partial charge on any atom is 0.126 e. The van der Waals surface area contributed by atoms with E-state index < -0.39 is 0 Å². The van der Waals surface area contributed by atoms with Crippen molar-refractivity contribution in [1.82, 2.24) is 20.1 Å². The van der Waals surface area contributed by atoms with E-state index in [0.29, 0.717) is 0 Å². The zero-order chi connectivity index (χ0) is 11.4. The molecule has 0 aromatic carbocycles. The summed E-state index contributed by atoms with van der Waals surface area (Å²) in [5.41, 5.74) is 1.09. The monoisotopic (exact) mass is 236 g/mol. The van der Waals surface area contributed by atoms with Gasteiger partial charge in [-0.1, -0.05) is 6.92 Å². The topological polar surface area (TPSA) is 42.7 Å². The van der Waals surface area contributed by atoms with E-state index in [1.165, 1.54) is 4.88 Å². The molecule has 0 saturated heterocycles. The quantitative estimate of drug-likeness (QED) is 0.808. The molecule has 4 nitrogen and oxygen atoms in total. The molecule has 0 unspecified atom stereocenters. The highest BCUT2D eigenvalue weighted by molar-refractivity contribution is 7.15. The molecule has 0 bridgehead atoms. The van der Waals surface area contributed by atoms with E-state index in [1.54, 1.807) is 16.0 Å². The van der Waals surface area contributed by atoms with Gasteiger partial charge in [0, 0.05) is 36.4 Å². The molecule has 0 amide bonds. The van der Waals surface area contributed by atoms with Gasteiger partial charge in [-0.3, -0.25) is 4.68 Å². The average Bonchev–Trinajstić information content (AvgIpc) is 2.87. The van der Waals surface area contributed by atoms with E-state index >= 15 is 0 Å². The molecule has 0 radical (unpaired) electrons. The third kappa shape index (κ3) is 2.68. The summed E-state index contributed by atoms with van der Waals surface area (Å²) in [5, 5.41) is 8.56. The lowest BCUT2D eigenvalue weighted by atomic mass is 10.4. The summed E-state index contributed by atoms with van der Waals surface area (Å²) < 4.78 is 1.80. The highest BCUT2D eigenvalue weighted by Crippen LogP contribution is 2.24. The number of rotatable bonds is 5. The lowest BCUT2D eigenvalue weighted by molar-refractivity contribution is 0.681. The number of nitrogens with one attached hydrogen (secondary N) is 1. The molecule has 0 fully saturated rings. The third-order valence-electron chi connectivity index (χ3n) is 2.23. The molecule has 0 aliphatic rings. The summed E-state index contributed by atoms with van der Waals surface area (Å²) in [4.78, 5) is 5.67. The second-order valence-corrected chi connectivity index (χ2v) is 4.83. The van der Waals surface area contributed by atoms with Crippen molar-refractivity contribution in [2.75, 3.05) is 6.54 Å². The van der Waals surface area contributed by atoms with Crippen LogP contribution in [0.3, 0.4) is 0 Å². The van der Waals surface area contributed by atoms with Gasteiger partial charge in [0.2, 0.25) is 0 Å². The maximum absolute atomic E-state index is 4.40. The van der Waals surface area contributed by atoms with Crippen LogP contribution in [-0.2, 0) is 13.6 Å². The van der Waals surface area contributed by atoms with Crippen LogP contribution in [0.5, 0.6) is 0 Å². The van der Waals surface area contributed by atoms with Crippen molar-refractivity contribution in [3.8, 4) is 10.6 Å². The molecule has 16 heavy (non-hydrogen) atoms. The van der Waals surface area contributed by atoms with Gasteiger partial charge >= 0.3 is 0 Å². The van der Waals surface area contributed by atoms with Crippen LogP contribution < -0.4 is 5.32 Å². The lowest BCUT2D eigenvalue weighted by Crippen LogP contribution is -2.12. The molecule has 5 heteroatoms. The number of nitrogens with zero attached hydrogens (tertiary/aromatic N) is 3. The second kappa shape index (κ2) is 5.23. The van der Waals surface area contributed by atoms with Crippen molar-refractivity contribution >= 4 is 11.3 Å². The van der Waals surface area contributed by atoms with Crippen LogP contribution in [0.4, 0.5) is 0 Å². The van der Waals surface area contributed by atoms with E-state index in [-0.39, 0.29) is 0 Å². The molecule has 0 saturated carbocycles. The Morgan fingerprint density at radius 3 is 3.00 bits per heavy atom. The van der Waals surface area contributed by atoms with E-state index in [0.717, 1.165) is 30.1 Å². The van der Waals surface area contributed by atoms with Gasteiger partial charge < -0.3 is 5.32 Å². The van der Waals surface area contributed by atoms with Gasteiger partial charge in [0.15, 0.2) is 0 Å². The minimum Gasteiger partial charge on any atom is -0.312 e. The highest BCUT2D eigenvalue weighted by Gasteiger charge is 2.05. The summed E-state index contributed by atoms with van der Waals surface area (Å²) in [5.74, 6) is 0. The van der Waals surface area contributed by atoms with Gasteiger partial charge in [-0.25, -0.2) is 4.98 Å². The van der Waals surface area contributed by atoms with Crippen LogP contribution in [0.15, 0.2) is 18.6 Å². The SMILES string of the molecule is CCCNCc1cnc(-c2cnn(C)c2)s1. The summed E-state index contributed by atoms with van der Waals surface area (Å²) in [6.45, 7) is 4.13. The molecule has 86 valence electrons. The van der Waals surface area contributed by atoms with Crippen LogP contribution in [0.1, 0.15) is 18.2 Å². The number of thiazole rings is 1. The Bertz CT molecular complexity index is 446. The molecule has 1 N–H and O–H groups in total. The largest absolute Gasteiger partial charge is 0.312 e. The Morgan fingerprint density at radius 2 is 2.31 bits per heavy atom. The normalized spacial score (nSPS) is 10.9. The van der Waals surface area contributed by atoms with Crippen molar-refractivity contribution in [1.29, 1.82) is 0 Å². The summed E-state index contributed by atoms with van der Waals surface area (Å²) in [6.07, 6.45) is 6.94. The fourth-order valence-corrected chi connectivity index (χ4v) is 2.30. The van der Waals surface area contributed by atoms with Crippen molar-refractivity contribution in [2.24, 2.45) is 7.05 Å². The van der Waals surface area contributed by atoms with E-state index in [9.17, 15) is 0 Å². The van der Waals surface area contributed by atoms with Gasteiger partial charge in [0.1, 0.15) is 5.01 Å². The number of hydrogen-bond acceptors (Lipinski definition) is 4. The predicted octanol–water partition coefficient (Wildman–Crippen LogP) is 2.04. The maximum atomic E-state index is 4.40. The molecular formula is C11H16N4S. The fourth-order valence-electron chi connectivity index (χ4n) is 1.44. The van der Waals surface area contributed by atoms with Gasteiger partial charge in [-0.15, -0.1) is 11.3 Å². The Kier molecular flexibility index (Phi) is 3.69. The zero-order valence-electron chi connectivity index (χ0n) is 9.60. The molecule has 2 heterocycles. The minimum atomic E-state index is 0.909. The first-order valence-corrected chi connectivity index (χ1v) is 6.25. The molecule has 2 aromatic rings. The third-order valence-corrected chi connectivity index (χ3v) is 3.28. The second-order valence-electron chi connectivity index (χ2n) is 3.71. The van der Waals surface area contributed by atoms with Crippen LogP contribution in [0.2, 0.25) is 0 Å². The standard InChI is InChI=1S/C11H16N4S/c1-3-4-12-6-10-7-13-11(16-10)9-5-14-15(2)8-9/h5,7-8,12H,3-4,6H2,1-2H3. The Balaban J connectivity index is 2.02. The van der Waals surface area contributed by atoms with E-state index in [2.05, 4.69) is 22.3 Å². The summed E-state index contributed by atoms with van der Waals surface area (Å²) >= 11 is 1.72. The number of aryl methyl sites for hydroxylation is 1. The van der Waals surface area contributed by atoms with Gasteiger partial charge in [-0.2, -0.15) is 5.10 Å². The summed E-state index contributed by atoms with van der Waals surface area (Å²) in [6, 6.07) is 0. The smallest absolute Gasteiger partial charge is 0.126 e. The van der Waals surface area contributed by atoms with Crippen molar-refractivity contribution in [3.63, 3.8) is 0 Å². The Morgan fingerprint density at radius 1 is 1.44 bits per heavy atom. The van der Waals surface area contributed by atoms with Crippen molar-refractivity contribution in [3.05, 3.63) is 23.5 Å². The predicted molar refractivity (Wildman–Crippen MR) is 66.3 cm³/mol. The van der Waals surface area contributed by atoms with Crippen LogP contribution >= 0.6 is 11.3 Å². The first-order chi connectivity index (χ1) is 7.79. The average molecular weight is 236 g/mol. The Hall–Kier alpha value is -1.20. The minimum absolute atomic E-state index is 0.909. The molecule has 0 aliphatic heterocycles. The fraction of sp³-hybridized carbons (Fsp3) is 0.455. The Labute approximate surface area is 99.3 Å². The van der Waals surface area contributed by atoms with Crippen LogP contribution in [-0.4, -0.2) is 21.3 Å². The molecule has 0 spiro atoms. The van der Waals surface area contributed by atoms with Crippen molar-refractivity contribution < 1.29 is 0 Å². The first kappa shape index (κ1) is 11.3. The number of hydrogen-bond donors (Lipinski definition) is 1.